The van der Waals surface area contributed by atoms with Crippen molar-refractivity contribution >= 4 is 22.4 Å². The van der Waals surface area contributed by atoms with Crippen LogP contribution < -0.4 is 5.32 Å². The average Bonchev–Trinajstić information content (AvgIpc) is 2.83. The van der Waals surface area contributed by atoms with E-state index in [2.05, 4.69) is 48.4 Å². The number of anilines is 1. The predicted octanol–water partition coefficient (Wildman–Crippen LogP) is 4.22. The Morgan fingerprint density at radius 3 is 2.48 bits per heavy atom. The van der Waals surface area contributed by atoms with Gasteiger partial charge in [-0.3, -0.25) is 4.79 Å². The van der Waals surface area contributed by atoms with Crippen LogP contribution in [0.5, 0.6) is 0 Å². The third-order valence-electron chi connectivity index (χ3n) is 3.17. The minimum atomic E-state index is 0.0237. The summed E-state index contributed by atoms with van der Waals surface area (Å²) in [5.41, 5.74) is 3.50. The van der Waals surface area contributed by atoms with Crippen molar-refractivity contribution in [2.24, 2.45) is 5.92 Å². The zero-order chi connectivity index (χ0) is 15.2. The molecule has 0 spiro atoms. The number of amides is 1. The highest BCUT2D eigenvalue weighted by Gasteiger charge is 2.06. The van der Waals surface area contributed by atoms with Crippen molar-refractivity contribution < 1.29 is 4.79 Å². The molecule has 1 aromatic heterocycles. The molecule has 0 fully saturated rings. The van der Waals surface area contributed by atoms with E-state index in [1.165, 1.54) is 22.5 Å². The summed E-state index contributed by atoms with van der Waals surface area (Å²) in [5.74, 6) is 0.694. The minimum Gasteiger partial charge on any atom is -0.302 e. The van der Waals surface area contributed by atoms with Gasteiger partial charge in [0.1, 0.15) is 0 Å². The molecule has 3 nitrogen and oxygen atoms in total. The Balaban J connectivity index is 1.81. The summed E-state index contributed by atoms with van der Waals surface area (Å²) in [4.78, 5) is 16.1. The Morgan fingerprint density at radius 1 is 1.24 bits per heavy atom. The van der Waals surface area contributed by atoms with Gasteiger partial charge in [0.15, 0.2) is 5.13 Å². The molecule has 112 valence electrons. The van der Waals surface area contributed by atoms with E-state index < -0.39 is 0 Å². The number of hydrogen-bond acceptors (Lipinski definition) is 3. The molecule has 0 radical (unpaired) electrons. The van der Waals surface area contributed by atoms with Gasteiger partial charge in [0.2, 0.25) is 5.91 Å². The van der Waals surface area contributed by atoms with E-state index in [-0.39, 0.29) is 5.91 Å². The Kier molecular flexibility index (Phi) is 5.51. The van der Waals surface area contributed by atoms with Crippen molar-refractivity contribution in [2.45, 2.75) is 40.0 Å². The summed E-state index contributed by atoms with van der Waals surface area (Å²) in [5, 5.41) is 5.46. The van der Waals surface area contributed by atoms with E-state index in [0.717, 1.165) is 18.5 Å². The van der Waals surface area contributed by atoms with Crippen molar-refractivity contribution in [2.75, 3.05) is 5.32 Å². The van der Waals surface area contributed by atoms with E-state index in [1.807, 2.05) is 12.3 Å². The Morgan fingerprint density at radius 2 is 1.90 bits per heavy atom. The van der Waals surface area contributed by atoms with Gasteiger partial charge in [0.05, 0.1) is 5.69 Å². The monoisotopic (exact) mass is 302 g/mol. The van der Waals surface area contributed by atoms with Gasteiger partial charge in [0.25, 0.3) is 0 Å². The van der Waals surface area contributed by atoms with Crippen molar-refractivity contribution in [1.29, 1.82) is 0 Å². The fourth-order valence-electron chi connectivity index (χ4n) is 2.16. The van der Waals surface area contributed by atoms with Crippen molar-refractivity contribution in [3.63, 3.8) is 0 Å². The van der Waals surface area contributed by atoms with E-state index in [1.54, 1.807) is 0 Å². The van der Waals surface area contributed by atoms with Gasteiger partial charge in [-0.1, -0.05) is 38.1 Å². The summed E-state index contributed by atoms with van der Waals surface area (Å²) >= 11 is 1.46. The second kappa shape index (κ2) is 7.36. The first kappa shape index (κ1) is 15.7. The highest BCUT2D eigenvalue weighted by atomic mass is 32.1. The quantitative estimate of drug-likeness (QED) is 0.868. The maximum Gasteiger partial charge on any atom is 0.226 e. The number of carbonyl (C=O) groups is 1. The van der Waals surface area contributed by atoms with Crippen LogP contribution in [0.4, 0.5) is 5.13 Å². The van der Waals surface area contributed by atoms with E-state index in [0.29, 0.717) is 17.5 Å². The first-order valence-corrected chi connectivity index (χ1v) is 8.20. The number of carbonyl (C=O) groups excluding carboxylic acids is 1. The Hall–Kier alpha value is -1.68. The third-order valence-corrected chi connectivity index (χ3v) is 4.05. The highest BCUT2D eigenvalue weighted by Crippen LogP contribution is 2.15. The Bertz CT molecular complexity index is 587. The molecule has 0 saturated heterocycles. The largest absolute Gasteiger partial charge is 0.302 e. The van der Waals surface area contributed by atoms with Crippen LogP contribution in [-0.2, 0) is 17.6 Å². The van der Waals surface area contributed by atoms with E-state index in [9.17, 15) is 4.79 Å². The number of aromatic nitrogens is 1. The number of benzene rings is 1. The lowest BCUT2D eigenvalue weighted by Crippen LogP contribution is -2.12. The maximum absolute atomic E-state index is 11.9. The molecule has 1 heterocycles. The lowest BCUT2D eigenvalue weighted by atomic mass is 10.0. The summed E-state index contributed by atoms with van der Waals surface area (Å²) in [6.45, 7) is 6.36. The molecule has 1 aromatic carbocycles. The molecule has 1 N–H and O–H groups in total. The first-order chi connectivity index (χ1) is 10.0. The van der Waals surface area contributed by atoms with Crippen molar-refractivity contribution in [1.82, 2.24) is 4.98 Å². The molecular formula is C17H22N2OS. The van der Waals surface area contributed by atoms with Crippen LogP contribution in [0.25, 0.3) is 0 Å². The van der Waals surface area contributed by atoms with Crippen molar-refractivity contribution in [3.05, 3.63) is 46.5 Å². The van der Waals surface area contributed by atoms with Crippen LogP contribution in [0.1, 0.15) is 37.1 Å². The van der Waals surface area contributed by atoms with Crippen LogP contribution in [0.15, 0.2) is 29.6 Å². The van der Waals surface area contributed by atoms with E-state index >= 15 is 0 Å². The van der Waals surface area contributed by atoms with E-state index in [4.69, 9.17) is 0 Å². The second-order valence-electron chi connectivity index (χ2n) is 5.76. The van der Waals surface area contributed by atoms with Crippen LogP contribution >= 0.6 is 11.3 Å². The van der Waals surface area contributed by atoms with Crippen LogP contribution in [0, 0.1) is 12.8 Å². The number of thiazole rings is 1. The molecule has 2 rings (SSSR count). The number of nitrogens with zero attached hydrogens (tertiary/aromatic N) is 1. The van der Waals surface area contributed by atoms with Crippen LogP contribution in [-0.4, -0.2) is 10.9 Å². The smallest absolute Gasteiger partial charge is 0.226 e. The minimum absolute atomic E-state index is 0.0237. The standard InChI is InChI=1S/C17H22N2OS/c1-12(2)10-15-6-4-14(5-7-15)8-9-16(20)19-17-18-13(3)11-21-17/h4-7,11-12H,8-10H2,1-3H3,(H,18,19,20). The predicted molar refractivity (Wildman–Crippen MR) is 88.8 cm³/mol. The summed E-state index contributed by atoms with van der Waals surface area (Å²) < 4.78 is 0. The second-order valence-corrected chi connectivity index (χ2v) is 6.61. The normalized spacial score (nSPS) is 10.9. The zero-order valence-electron chi connectivity index (χ0n) is 12.8. The number of aryl methyl sites for hydroxylation is 2. The fourth-order valence-corrected chi connectivity index (χ4v) is 2.87. The molecular weight excluding hydrogens is 280 g/mol. The summed E-state index contributed by atoms with van der Waals surface area (Å²) in [6.07, 6.45) is 2.35. The number of rotatable bonds is 6. The van der Waals surface area contributed by atoms with Gasteiger partial charge in [-0.25, -0.2) is 4.98 Å². The molecule has 21 heavy (non-hydrogen) atoms. The maximum atomic E-state index is 11.9. The lowest BCUT2D eigenvalue weighted by molar-refractivity contribution is -0.116. The van der Waals surface area contributed by atoms with Crippen molar-refractivity contribution in [3.8, 4) is 0 Å². The summed E-state index contributed by atoms with van der Waals surface area (Å²) in [7, 11) is 0. The molecule has 0 aliphatic rings. The van der Waals surface area contributed by atoms with Gasteiger partial charge >= 0.3 is 0 Å². The third kappa shape index (κ3) is 5.31. The van der Waals surface area contributed by atoms with Gasteiger partial charge < -0.3 is 5.32 Å². The van der Waals surface area contributed by atoms with Gasteiger partial charge in [-0.15, -0.1) is 11.3 Å². The molecule has 0 bridgehead atoms. The molecule has 0 atom stereocenters. The highest BCUT2D eigenvalue weighted by molar-refractivity contribution is 7.13. The lowest BCUT2D eigenvalue weighted by Gasteiger charge is -2.06. The first-order valence-electron chi connectivity index (χ1n) is 7.32. The molecule has 0 unspecified atom stereocenters. The van der Waals surface area contributed by atoms with Gasteiger partial charge in [-0.05, 0) is 36.8 Å². The summed E-state index contributed by atoms with van der Waals surface area (Å²) in [6, 6.07) is 8.58. The van der Waals surface area contributed by atoms with Gasteiger partial charge in [-0.2, -0.15) is 0 Å². The SMILES string of the molecule is Cc1csc(NC(=O)CCc2ccc(CC(C)C)cc2)n1. The van der Waals surface area contributed by atoms with Crippen LogP contribution in [0.2, 0.25) is 0 Å². The molecule has 0 aliphatic carbocycles. The van der Waals surface area contributed by atoms with Gasteiger partial charge in [0, 0.05) is 11.8 Å². The molecule has 0 aliphatic heterocycles. The van der Waals surface area contributed by atoms with Crippen LogP contribution in [0.3, 0.4) is 0 Å². The Labute approximate surface area is 130 Å². The number of nitrogens with one attached hydrogen (secondary N) is 1. The topological polar surface area (TPSA) is 42.0 Å². The zero-order valence-corrected chi connectivity index (χ0v) is 13.7. The molecule has 4 heteroatoms. The number of hydrogen-bond donors (Lipinski definition) is 1. The molecule has 2 aromatic rings. The fraction of sp³-hybridized carbons (Fsp3) is 0.412. The molecule has 1 amide bonds. The average molecular weight is 302 g/mol. The molecule has 0 saturated carbocycles.